The predicted octanol–water partition coefficient (Wildman–Crippen LogP) is 1.89. The lowest BCUT2D eigenvalue weighted by Crippen LogP contribution is -2.31. The molecular weight excluding hydrogens is 315 g/mol. The third-order valence-corrected chi connectivity index (χ3v) is 3.11. The highest BCUT2D eigenvalue weighted by molar-refractivity contribution is 14.1. The van der Waals surface area contributed by atoms with Crippen molar-refractivity contribution in [3.05, 3.63) is 32.9 Å². The van der Waals surface area contributed by atoms with Gasteiger partial charge in [-0.1, -0.05) is 11.6 Å². The summed E-state index contributed by atoms with van der Waals surface area (Å²) in [7, 11) is 3.98. The first-order chi connectivity index (χ1) is 7.50. The van der Waals surface area contributed by atoms with E-state index in [0.29, 0.717) is 6.54 Å². The molecule has 0 radical (unpaired) electrons. The zero-order chi connectivity index (χ0) is 12.1. The standard InChI is InChI=1S/C12H17IN2O/c1-9-4-5-10(11(13)8-9)12(16)14-6-7-15(2)3/h4-5,8H,6-7H2,1-3H3,(H,14,16). The van der Waals surface area contributed by atoms with E-state index in [2.05, 4.69) is 27.9 Å². The van der Waals surface area contributed by atoms with Gasteiger partial charge in [0.1, 0.15) is 0 Å². The highest BCUT2D eigenvalue weighted by atomic mass is 127. The fourth-order valence-electron chi connectivity index (χ4n) is 1.29. The van der Waals surface area contributed by atoms with Gasteiger partial charge in [-0.2, -0.15) is 0 Å². The maximum Gasteiger partial charge on any atom is 0.252 e. The number of nitrogens with one attached hydrogen (secondary N) is 1. The van der Waals surface area contributed by atoms with Gasteiger partial charge in [-0.25, -0.2) is 0 Å². The molecule has 0 saturated carbocycles. The summed E-state index contributed by atoms with van der Waals surface area (Å²) in [5, 5.41) is 2.91. The molecule has 1 aromatic carbocycles. The molecule has 1 N–H and O–H groups in total. The molecule has 3 nitrogen and oxygen atoms in total. The van der Waals surface area contributed by atoms with Crippen LogP contribution in [0.15, 0.2) is 18.2 Å². The second kappa shape index (κ2) is 6.20. The number of hydrogen-bond acceptors (Lipinski definition) is 2. The van der Waals surface area contributed by atoms with Gasteiger partial charge in [-0.15, -0.1) is 0 Å². The van der Waals surface area contributed by atoms with E-state index in [4.69, 9.17) is 0 Å². The van der Waals surface area contributed by atoms with Crippen LogP contribution in [-0.2, 0) is 0 Å². The van der Waals surface area contributed by atoms with Gasteiger partial charge < -0.3 is 10.2 Å². The number of rotatable bonds is 4. The van der Waals surface area contributed by atoms with E-state index >= 15 is 0 Å². The van der Waals surface area contributed by atoms with Crippen LogP contribution in [0.1, 0.15) is 15.9 Å². The number of carbonyl (C=O) groups is 1. The summed E-state index contributed by atoms with van der Waals surface area (Å²) in [6.45, 7) is 3.56. The Bertz CT molecular complexity index is 377. The van der Waals surface area contributed by atoms with Crippen LogP contribution in [0.2, 0.25) is 0 Å². The molecule has 1 aromatic rings. The number of amides is 1. The molecule has 4 heteroatoms. The molecule has 0 aliphatic carbocycles. The molecule has 0 bridgehead atoms. The lowest BCUT2D eigenvalue weighted by molar-refractivity contribution is 0.0950. The van der Waals surface area contributed by atoms with Crippen LogP contribution in [0.25, 0.3) is 0 Å². The Morgan fingerprint density at radius 2 is 2.12 bits per heavy atom. The number of nitrogens with zero attached hydrogens (tertiary/aromatic N) is 1. The Kier molecular flexibility index (Phi) is 5.21. The van der Waals surface area contributed by atoms with E-state index in [1.807, 2.05) is 44.1 Å². The number of carbonyl (C=O) groups excluding carboxylic acids is 1. The lowest BCUT2D eigenvalue weighted by atomic mass is 10.1. The molecule has 0 aliphatic heterocycles. The smallest absolute Gasteiger partial charge is 0.252 e. The maximum absolute atomic E-state index is 11.8. The minimum Gasteiger partial charge on any atom is -0.351 e. The van der Waals surface area contributed by atoms with Gasteiger partial charge in [-0.05, 0) is 55.7 Å². The Balaban J connectivity index is 2.59. The lowest BCUT2D eigenvalue weighted by Gasteiger charge is -2.11. The molecular formula is C12H17IN2O. The van der Waals surface area contributed by atoms with E-state index in [1.54, 1.807) is 0 Å². The molecule has 88 valence electrons. The van der Waals surface area contributed by atoms with Gasteiger partial charge in [-0.3, -0.25) is 4.79 Å². The SMILES string of the molecule is Cc1ccc(C(=O)NCCN(C)C)c(I)c1. The molecule has 0 fully saturated rings. The van der Waals surface area contributed by atoms with Crippen LogP contribution >= 0.6 is 22.6 Å². The summed E-state index contributed by atoms with van der Waals surface area (Å²) in [5.74, 6) is 0.00579. The number of benzene rings is 1. The minimum atomic E-state index is 0.00579. The zero-order valence-electron chi connectivity index (χ0n) is 9.88. The first-order valence-corrected chi connectivity index (χ1v) is 6.27. The topological polar surface area (TPSA) is 32.3 Å². The summed E-state index contributed by atoms with van der Waals surface area (Å²) < 4.78 is 1.000. The Morgan fingerprint density at radius 3 is 2.69 bits per heavy atom. The minimum absolute atomic E-state index is 0.00579. The molecule has 1 amide bonds. The quantitative estimate of drug-likeness (QED) is 0.854. The Morgan fingerprint density at radius 1 is 1.44 bits per heavy atom. The van der Waals surface area contributed by atoms with Crippen molar-refractivity contribution in [2.75, 3.05) is 27.2 Å². The van der Waals surface area contributed by atoms with Crippen molar-refractivity contribution in [2.24, 2.45) is 0 Å². The van der Waals surface area contributed by atoms with Crippen LogP contribution in [0.5, 0.6) is 0 Å². The van der Waals surface area contributed by atoms with Gasteiger partial charge in [0, 0.05) is 16.7 Å². The van der Waals surface area contributed by atoms with Crippen molar-refractivity contribution in [3.8, 4) is 0 Å². The summed E-state index contributed by atoms with van der Waals surface area (Å²) >= 11 is 2.20. The van der Waals surface area contributed by atoms with E-state index in [9.17, 15) is 4.79 Å². The second-order valence-electron chi connectivity index (χ2n) is 4.04. The van der Waals surface area contributed by atoms with E-state index in [-0.39, 0.29) is 5.91 Å². The zero-order valence-corrected chi connectivity index (χ0v) is 12.0. The average molecular weight is 332 g/mol. The van der Waals surface area contributed by atoms with Crippen molar-refractivity contribution in [1.29, 1.82) is 0 Å². The third-order valence-electron chi connectivity index (χ3n) is 2.21. The van der Waals surface area contributed by atoms with Crippen molar-refractivity contribution in [3.63, 3.8) is 0 Å². The third kappa shape index (κ3) is 4.09. The van der Waals surface area contributed by atoms with Gasteiger partial charge in [0.15, 0.2) is 0 Å². The van der Waals surface area contributed by atoms with E-state index < -0.39 is 0 Å². The van der Waals surface area contributed by atoms with Gasteiger partial charge in [0.05, 0.1) is 5.56 Å². The normalized spacial score (nSPS) is 10.6. The highest BCUT2D eigenvalue weighted by Gasteiger charge is 2.08. The number of hydrogen-bond donors (Lipinski definition) is 1. The van der Waals surface area contributed by atoms with Crippen LogP contribution in [0.3, 0.4) is 0 Å². The molecule has 16 heavy (non-hydrogen) atoms. The first kappa shape index (κ1) is 13.4. The number of halogens is 1. The van der Waals surface area contributed by atoms with Crippen molar-refractivity contribution in [1.82, 2.24) is 10.2 Å². The molecule has 0 unspecified atom stereocenters. The number of likely N-dealkylation sites (N-methyl/N-ethyl adjacent to an activating group) is 1. The fourth-order valence-corrected chi connectivity index (χ4v) is 2.21. The van der Waals surface area contributed by atoms with Gasteiger partial charge in [0.25, 0.3) is 5.91 Å². The summed E-state index contributed by atoms with van der Waals surface area (Å²) in [5.41, 5.74) is 1.93. The van der Waals surface area contributed by atoms with Crippen molar-refractivity contribution < 1.29 is 4.79 Å². The molecule has 0 aliphatic rings. The average Bonchev–Trinajstić information content (AvgIpc) is 2.16. The van der Waals surface area contributed by atoms with Crippen LogP contribution in [0.4, 0.5) is 0 Å². The Labute approximate surface area is 110 Å². The molecule has 1 rings (SSSR count). The van der Waals surface area contributed by atoms with Crippen LogP contribution in [0, 0.1) is 10.5 Å². The predicted molar refractivity (Wildman–Crippen MR) is 74.8 cm³/mol. The van der Waals surface area contributed by atoms with E-state index in [0.717, 1.165) is 15.7 Å². The van der Waals surface area contributed by atoms with Crippen LogP contribution in [-0.4, -0.2) is 38.0 Å². The monoisotopic (exact) mass is 332 g/mol. The largest absolute Gasteiger partial charge is 0.351 e. The van der Waals surface area contributed by atoms with Gasteiger partial charge in [0.2, 0.25) is 0 Å². The first-order valence-electron chi connectivity index (χ1n) is 5.20. The summed E-state index contributed by atoms with van der Waals surface area (Å²) in [4.78, 5) is 13.9. The Hall–Kier alpha value is -0.620. The molecule has 0 spiro atoms. The summed E-state index contributed by atoms with van der Waals surface area (Å²) in [6.07, 6.45) is 0. The molecule has 0 aromatic heterocycles. The van der Waals surface area contributed by atoms with Crippen molar-refractivity contribution >= 4 is 28.5 Å². The maximum atomic E-state index is 11.8. The van der Waals surface area contributed by atoms with Gasteiger partial charge >= 0.3 is 0 Å². The number of aryl methyl sites for hydroxylation is 1. The van der Waals surface area contributed by atoms with E-state index in [1.165, 1.54) is 5.56 Å². The molecule has 0 saturated heterocycles. The summed E-state index contributed by atoms with van der Waals surface area (Å²) in [6, 6.07) is 5.85. The van der Waals surface area contributed by atoms with Crippen molar-refractivity contribution in [2.45, 2.75) is 6.92 Å². The van der Waals surface area contributed by atoms with Crippen LogP contribution < -0.4 is 5.32 Å². The fraction of sp³-hybridized carbons (Fsp3) is 0.417. The molecule has 0 atom stereocenters. The second-order valence-corrected chi connectivity index (χ2v) is 5.20. The highest BCUT2D eigenvalue weighted by Crippen LogP contribution is 2.13. The molecule has 0 heterocycles.